The Morgan fingerprint density at radius 3 is 2.35 bits per heavy atom. The van der Waals surface area contributed by atoms with Crippen molar-refractivity contribution in [2.75, 3.05) is 7.11 Å². The SMILES string of the molecule is COc1ccc(C(N)=O)c(O[C@H](C)C(=O)c2[nH]c(C)c(C(C)=O)c2C)c1. The van der Waals surface area contributed by atoms with Gasteiger partial charge in [-0.1, -0.05) is 0 Å². The van der Waals surface area contributed by atoms with Gasteiger partial charge in [-0.05, 0) is 45.4 Å². The molecule has 0 spiro atoms. The second kappa shape index (κ2) is 7.43. The first-order chi connectivity index (χ1) is 12.2. The monoisotopic (exact) mass is 358 g/mol. The molecular formula is C19H22N2O5. The highest BCUT2D eigenvalue weighted by atomic mass is 16.5. The smallest absolute Gasteiger partial charge is 0.252 e. The van der Waals surface area contributed by atoms with Gasteiger partial charge < -0.3 is 20.2 Å². The third-order valence-electron chi connectivity index (χ3n) is 4.16. The first-order valence-electron chi connectivity index (χ1n) is 8.06. The van der Waals surface area contributed by atoms with Crippen LogP contribution in [0.1, 0.15) is 56.3 Å². The minimum atomic E-state index is -0.906. The largest absolute Gasteiger partial charge is 0.497 e. The van der Waals surface area contributed by atoms with Gasteiger partial charge in [-0.25, -0.2) is 0 Å². The highest BCUT2D eigenvalue weighted by molar-refractivity contribution is 6.05. The van der Waals surface area contributed by atoms with E-state index in [-0.39, 0.29) is 22.9 Å². The van der Waals surface area contributed by atoms with Crippen molar-refractivity contribution in [3.8, 4) is 11.5 Å². The number of ether oxygens (including phenoxy) is 2. The van der Waals surface area contributed by atoms with Crippen LogP contribution >= 0.6 is 0 Å². The maximum atomic E-state index is 12.8. The Labute approximate surface area is 151 Å². The highest BCUT2D eigenvalue weighted by Gasteiger charge is 2.26. The van der Waals surface area contributed by atoms with Crippen LogP contribution in [0.5, 0.6) is 11.5 Å². The molecule has 2 rings (SSSR count). The van der Waals surface area contributed by atoms with Gasteiger partial charge in [0.2, 0.25) is 5.78 Å². The summed E-state index contributed by atoms with van der Waals surface area (Å²) >= 11 is 0. The summed E-state index contributed by atoms with van der Waals surface area (Å²) in [5.41, 5.74) is 7.53. The maximum Gasteiger partial charge on any atom is 0.252 e. The van der Waals surface area contributed by atoms with Crippen LogP contribution in [0.25, 0.3) is 0 Å². The van der Waals surface area contributed by atoms with E-state index in [1.165, 1.54) is 26.2 Å². The number of nitrogens with one attached hydrogen (secondary N) is 1. The zero-order valence-electron chi connectivity index (χ0n) is 15.4. The van der Waals surface area contributed by atoms with Gasteiger partial charge in [0.15, 0.2) is 11.9 Å². The number of rotatable bonds is 7. The number of methoxy groups -OCH3 is 1. The minimum Gasteiger partial charge on any atom is -0.497 e. The second-order valence-electron chi connectivity index (χ2n) is 6.03. The molecule has 0 saturated heterocycles. The molecule has 0 aliphatic heterocycles. The number of primary amides is 1. The van der Waals surface area contributed by atoms with Gasteiger partial charge in [-0.2, -0.15) is 0 Å². The molecule has 1 aromatic carbocycles. The molecule has 138 valence electrons. The quantitative estimate of drug-likeness (QED) is 0.739. The summed E-state index contributed by atoms with van der Waals surface area (Å²) in [6, 6.07) is 4.56. The van der Waals surface area contributed by atoms with Crippen molar-refractivity contribution in [3.63, 3.8) is 0 Å². The standard InChI is InChI=1S/C19H22N2O5/c1-9-16(11(3)22)10(2)21-17(9)18(23)12(4)26-15-8-13(25-5)6-7-14(15)19(20)24/h6-8,12,21H,1-5H3,(H2,20,24)/t12-/m1/s1. The number of hydrogen-bond acceptors (Lipinski definition) is 5. The van der Waals surface area contributed by atoms with Crippen LogP contribution in [0.15, 0.2) is 18.2 Å². The van der Waals surface area contributed by atoms with E-state index < -0.39 is 12.0 Å². The van der Waals surface area contributed by atoms with Crippen molar-refractivity contribution in [2.45, 2.75) is 33.8 Å². The van der Waals surface area contributed by atoms with Gasteiger partial charge in [0.1, 0.15) is 11.5 Å². The number of nitrogens with two attached hydrogens (primary N) is 1. The predicted molar refractivity (Wildman–Crippen MR) is 96.2 cm³/mol. The summed E-state index contributed by atoms with van der Waals surface area (Å²) in [6.07, 6.45) is -0.906. The number of H-pyrrole nitrogens is 1. The van der Waals surface area contributed by atoms with Crippen LogP contribution in [-0.4, -0.2) is 35.7 Å². The summed E-state index contributed by atoms with van der Waals surface area (Å²) in [5.74, 6) is -0.502. The van der Waals surface area contributed by atoms with Crippen molar-refractivity contribution in [2.24, 2.45) is 5.73 Å². The van der Waals surface area contributed by atoms with Gasteiger partial charge in [-0.15, -0.1) is 0 Å². The highest BCUT2D eigenvalue weighted by Crippen LogP contribution is 2.27. The fourth-order valence-electron chi connectivity index (χ4n) is 2.90. The number of aromatic amines is 1. The van der Waals surface area contributed by atoms with E-state index in [1.807, 2.05) is 0 Å². The van der Waals surface area contributed by atoms with Crippen molar-refractivity contribution in [1.82, 2.24) is 4.98 Å². The summed E-state index contributed by atoms with van der Waals surface area (Å²) in [6.45, 7) is 6.46. The lowest BCUT2D eigenvalue weighted by atomic mass is 10.0. The molecule has 7 heteroatoms. The average molecular weight is 358 g/mol. The molecular weight excluding hydrogens is 336 g/mol. The Balaban J connectivity index is 2.35. The first-order valence-corrected chi connectivity index (χ1v) is 8.06. The molecule has 3 N–H and O–H groups in total. The number of Topliss-reactive ketones (excluding diaryl/α,β-unsaturated/α-hetero) is 2. The van der Waals surface area contributed by atoms with Crippen LogP contribution in [0.2, 0.25) is 0 Å². The van der Waals surface area contributed by atoms with Crippen molar-refractivity contribution >= 4 is 17.5 Å². The molecule has 0 aliphatic rings. The molecule has 0 saturated carbocycles. The van der Waals surface area contributed by atoms with Gasteiger partial charge >= 0.3 is 0 Å². The van der Waals surface area contributed by atoms with Crippen LogP contribution in [0.4, 0.5) is 0 Å². The van der Waals surface area contributed by atoms with Crippen LogP contribution < -0.4 is 15.2 Å². The minimum absolute atomic E-state index is 0.118. The molecule has 7 nitrogen and oxygen atoms in total. The van der Waals surface area contributed by atoms with Gasteiger partial charge in [0.25, 0.3) is 5.91 Å². The summed E-state index contributed by atoms with van der Waals surface area (Å²) in [4.78, 5) is 39.1. The molecule has 1 aromatic heterocycles. The topological polar surface area (TPSA) is 111 Å². The lowest BCUT2D eigenvalue weighted by Gasteiger charge is -2.16. The summed E-state index contributed by atoms with van der Waals surface area (Å²) in [7, 11) is 1.48. The Morgan fingerprint density at radius 2 is 1.85 bits per heavy atom. The van der Waals surface area contributed by atoms with Crippen LogP contribution in [0.3, 0.4) is 0 Å². The summed E-state index contributed by atoms with van der Waals surface area (Å²) in [5, 5.41) is 0. The Kier molecular flexibility index (Phi) is 5.50. The molecule has 0 fully saturated rings. The Bertz CT molecular complexity index is 882. The Morgan fingerprint density at radius 1 is 1.19 bits per heavy atom. The van der Waals surface area contributed by atoms with E-state index >= 15 is 0 Å². The van der Waals surface area contributed by atoms with Gasteiger partial charge in [0, 0.05) is 17.3 Å². The normalized spacial score (nSPS) is 11.7. The summed E-state index contributed by atoms with van der Waals surface area (Å²) < 4.78 is 10.8. The number of aromatic nitrogens is 1. The number of amides is 1. The average Bonchev–Trinajstić information content (AvgIpc) is 2.88. The number of carbonyl (C=O) groups excluding carboxylic acids is 3. The van der Waals surface area contributed by atoms with E-state index in [1.54, 1.807) is 26.8 Å². The molecule has 26 heavy (non-hydrogen) atoms. The van der Waals surface area contributed by atoms with Crippen molar-refractivity contribution < 1.29 is 23.9 Å². The third kappa shape index (κ3) is 3.61. The van der Waals surface area contributed by atoms with Gasteiger partial charge in [-0.3, -0.25) is 14.4 Å². The number of benzene rings is 1. The molecule has 0 bridgehead atoms. The lowest BCUT2D eigenvalue weighted by molar-refractivity contribution is 0.0805. The third-order valence-corrected chi connectivity index (χ3v) is 4.16. The second-order valence-corrected chi connectivity index (χ2v) is 6.03. The van der Waals surface area contributed by atoms with Crippen molar-refractivity contribution in [1.29, 1.82) is 0 Å². The number of hydrogen-bond donors (Lipinski definition) is 2. The Hall–Kier alpha value is -3.09. The predicted octanol–water partition coefficient (Wildman–Crippen LogP) is 2.59. The molecule has 1 heterocycles. The molecule has 1 atom stereocenters. The molecule has 2 aromatic rings. The van der Waals surface area contributed by atoms with E-state index in [0.717, 1.165) is 0 Å². The first kappa shape index (κ1) is 19.2. The number of carbonyl (C=O) groups is 3. The van der Waals surface area contributed by atoms with Gasteiger partial charge in [0.05, 0.1) is 18.4 Å². The molecule has 1 amide bonds. The van der Waals surface area contributed by atoms with E-state index in [4.69, 9.17) is 15.2 Å². The van der Waals surface area contributed by atoms with E-state index in [0.29, 0.717) is 28.3 Å². The zero-order valence-corrected chi connectivity index (χ0v) is 15.4. The fourth-order valence-corrected chi connectivity index (χ4v) is 2.90. The van der Waals surface area contributed by atoms with E-state index in [2.05, 4.69) is 4.98 Å². The molecule has 0 aliphatic carbocycles. The zero-order chi connectivity index (χ0) is 19.6. The van der Waals surface area contributed by atoms with Crippen LogP contribution in [0, 0.1) is 13.8 Å². The van der Waals surface area contributed by atoms with Crippen LogP contribution in [-0.2, 0) is 0 Å². The van der Waals surface area contributed by atoms with Crippen molar-refractivity contribution in [3.05, 3.63) is 46.3 Å². The molecule has 0 unspecified atom stereocenters. The number of aryl methyl sites for hydroxylation is 1. The maximum absolute atomic E-state index is 12.8. The van der Waals surface area contributed by atoms with E-state index in [9.17, 15) is 14.4 Å². The fraction of sp³-hybridized carbons (Fsp3) is 0.316. The lowest BCUT2D eigenvalue weighted by Crippen LogP contribution is -2.26. The molecule has 0 radical (unpaired) electrons. The number of ketones is 2.